The van der Waals surface area contributed by atoms with Crippen LogP contribution in [0.25, 0.3) is 10.9 Å². The molecule has 0 saturated heterocycles. The smallest absolute Gasteiger partial charge is 0.170 e. The zero-order chi connectivity index (χ0) is 32.2. The van der Waals surface area contributed by atoms with Crippen molar-refractivity contribution in [2.75, 3.05) is 45.2 Å². The number of fused-ring (bicyclic) bond motifs is 1. The summed E-state index contributed by atoms with van der Waals surface area (Å²) in [6.45, 7) is 18.2. The van der Waals surface area contributed by atoms with Gasteiger partial charge in [-0.05, 0) is 130 Å². The molecule has 2 aromatic rings. The molecule has 1 aromatic heterocycles. The summed E-state index contributed by atoms with van der Waals surface area (Å²) in [7, 11) is 1.72. The van der Waals surface area contributed by atoms with Crippen LogP contribution in [0.1, 0.15) is 111 Å². The average molecular weight is 651 g/mol. The minimum absolute atomic E-state index is 0. The van der Waals surface area contributed by atoms with E-state index in [1.165, 1.54) is 37.7 Å². The topological polar surface area (TPSA) is 105 Å². The molecule has 1 heterocycles. The fraction of sp³-hybridized carbons (Fsp3) is 0.750. The van der Waals surface area contributed by atoms with E-state index in [1.54, 1.807) is 7.11 Å². The van der Waals surface area contributed by atoms with Crippen molar-refractivity contribution < 1.29 is 9.47 Å². The van der Waals surface area contributed by atoms with Crippen molar-refractivity contribution in [3.05, 3.63) is 23.9 Å². The van der Waals surface area contributed by atoms with Crippen LogP contribution in [-0.2, 0) is 6.42 Å². The second-order valence-corrected chi connectivity index (χ2v) is 12.7. The predicted molar refractivity (Wildman–Crippen MR) is 197 cm³/mol. The number of nitrogens with one attached hydrogen (secondary N) is 4. The molecule has 8 nitrogen and oxygen atoms in total. The largest absolute Gasteiger partial charge is 0.493 e. The van der Waals surface area contributed by atoms with Gasteiger partial charge in [0.25, 0.3) is 0 Å². The zero-order valence-electron chi connectivity index (χ0n) is 29.6. The fourth-order valence-corrected chi connectivity index (χ4v) is 5.70. The molecule has 0 amide bonds. The van der Waals surface area contributed by atoms with Gasteiger partial charge in [-0.15, -0.1) is 12.4 Å². The zero-order valence-corrected chi connectivity index (χ0v) is 30.4. The van der Waals surface area contributed by atoms with Crippen molar-refractivity contribution in [2.45, 2.75) is 136 Å². The molecule has 0 bridgehead atoms. The number of anilines is 1. The summed E-state index contributed by atoms with van der Waals surface area (Å²) in [5.41, 5.74) is 8.81. The second kappa shape index (κ2) is 24.3. The molecule has 0 aliphatic carbocycles. The van der Waals surface area contributed by atoms with Crippen molar-refractivity contribution in [3.63, 3.8) is 0 Å². The van der Waals surface area contributed by atoms with Crippen LogP contribution < -0.4 is 36.5 Å². The first-order chi connectivity index (χ1) is 21.3. The van der Waals surface area contributed by atoms with Crippen LogP contribution >= 0.6 is 12.4 Å². The summed E-state index contributed by atoms with van der Waals surface area (Å²) >= 11 is 0. The van der Waals surface area contributed by atoms with E-state index < -0.39 is 0 Å². The number of halogens is 1. The minimum atomic E-state index is 0. The number of methoxy groups -OCH3 is 1. The predicted octanol–water partition coefficient (Wildman–Crippen LogP) is 7.22. The highest BCUT2D eigenvalue weighted by atomic mass is 35.5. The number of unbranched alkanes of at least 4 members (excludes halogenated alkanes) is 1. The first-order valence-electron chi connectivity index (χ1n) is 17.6. The van der Waals surface area contributed by atoms with Crippen LogP contribution in [0.3, 0.4) is 0 Å². The first-order valence-corrected chi connectivity index (χ1v) is 17.6. The molecule has 260 valence electrons. The number of aromatic nitrogens is 1. The van der Waals surface area contributed by atoms with Crippen molar-refractivity contribution in [2.24, 2.45) is 5.73 Å². The van der Waals surface area contributed by atoms with Crippen LogP contribution in [-0.4, -0.2) is 69.0 Å². The molecule has 0 spiro atoms. The third-order valence-electron chi connectivity index (χ3n) is 8.53. The van der Waals surface area contributed by atoms with Crippen molar-refractivity contribution in [1.82, 2.24) is 20.9 Å². The first kappa shape index (κ1) is 41.2. The molecule has 0 saturated carbocycles. The maximum atomic E-state index is 6.26. The second-order valence-electron chi connectivity index (χ2n) is 12.7. The highest BCUT2D eigenvalue weighted by molar-refractivity contribution is 5.99. The van der Waals surface area contributed by atoms with Crippen LogP contribution in [0.15, 0.2) is 18.3 Å². The molecule has 2 rings (SSSR count). The van der Waals surface area contributed by atoms with Gasteiger partial charge >= 0.3 is 0 Å². The van der Waals surface area contributed by atoms with Gasteiger partial charge in [0.15, 0.2) is 11.5 Å². The Morgan fingerprint density at radius 1 is 0.800 bits per heavy atom. The van der Waals surface area contributed by atoms with E-state index in [2.05, 4.69) is 74.9 Å². The van der Waals surface area contributed by atoms with E-state index in [0.29, 0.717) is 30.8 Å². The molecule has 0 aliphatic heterocycles. The number of hydrogen-bond donors (Lipinski definition) is 5. The van der Waals surface area contributed by atoms with E-state index in [4.69, 9.17) is 20.2 Å². The normalized spacial score (nSPS) is 14.0. The molecule has 0 fully saturated rings. The van der Waals surface area contributed by atoms with Crippen molar-refractivity contribution in [1.29, 1.82) is 0 Å². The number of nitrogens with two attached hydrogens (primary N) is 1. The number of hydrogen-bond acceptors (Lipinski definition) is 8. The maximum absolute atomic E-state index is 6.26. The lowest BCUT2D eigenvalue weighted by atomic mass is 10.0. The fourth-order valence-electron chi connectivity index (χ4n) is 5.70. The highest BCUT2D eigenvalue weighted by Gasteiger charge is 2.19. The lowest BCUT2D eigenvalue weighted by molar-refractivity contribution is 0.292. The molecular weight excluding hydrogens is 584 g/mol. The van der Waals surface area contributed by atoms with E-state index in [1.807, 2.05) is 6.20 Å². The molecular formula is C36H67ClN6O2. The van der Waals surface area contributed by atoms with E-state index in [9.17, 15) is 0 Å². The third kappa shape index (κ3) is 15.5. The summed E-state index contributed by atoms with van der Waals surface area (Å²) in [5, 5.41) is 15.9. The number of ether oxygens (including phenoxy) is 2. The number of nitrogens with zero attached hydrogens (tertiary/aromatic N) is 1. The van der Waals surface area contributed by atoms with Gasteiger partial charge in [0.05, 0.1) is 30.3 Å². The molecule has 9 heteroatoms. The Morgan fingerprint density at radius 3 is 1.87 bits per heavy atom. The molecule has 45 heavy (non-hydrogen) atoms. The molecule has 0 aliphatic rings. The summed E-state index contributed by atoms with van der Waals surface area (Å²) in [5.74, 6) is 1.59. The summed E-state index contributed by atoms with van der Waals surface area (Å²) < 4.78 is 12.1. The number of pyridine rings is 1. The maximum Gasteiger partial charge on any atom is 0.170 e. The van der Waals surface area contributed by atoms with Crippen LogP contribution in [0.5, 0.6) is 11.5 Å². The summed E-state index contributed by atoms with van der Waals surface area (Å²) in [4.78, 5) is 4.78. The van der Waals surface area contributed by atoms with Gasteiger partial charge in [0.2, 0.25) is 0 Å². The quantitative estimate of drug-likeness (QED) is 0.0680. The number of rotatable bonds is 26. The van der Waals surface area contributed by atoms with Crippen LogP contribution in [0, 0.1) is 0 Å². The lowest BCUT2D eigenvalue weighted by Gasteiger charge is -2.21. The molecule has 4 atom stereocenters. The van der Waals surface area contributed by atoms with Crippen molar-refractivity contribution in [3.8, 4) is 11.5 Å². The Labute approximate surface area is 281 Å². The van der Waals surface area contributed by atoms with Gasteiger partial charge in [-0.1, -0.05) is 20.3 Å². The van der Waals surface area contributed by atoms with E-state index >= 15 is 0 Å². The molecule has 1 aromatic carbocycles. The van der Waals surface area contributed by atoms with Gasteiger partial charge in [-0.3, -0.25) is 4.98 Å². The van der Waals surface area contributed by atoms with Crippen LogP contribution in [0.2, 0.25) is 0 Å². The molecule has 0 radical (unpaired) electrons. The highest BCUT2D eigenvalue weighted by Crippen LogP contribution is 2.42. The third-order valence-corrected chi connectivity index (χ3v) is 8.53. The van der Waals surface area contributed by atoms with Gasteiger partial charge < -0.3 is 36.5 Å². The van der Waals surface area contributed by atoms with E-state index in [0.717, 1.165) is 92.8 Å². The molecule has 6 N–H and O–H groups in total. The van der Waals surface area contributed by atoms with E-state index in [-0.39, 0.29) is 12.4 Å². The standard InChI is InChI=1S/C36H66N6O2.ClH/c1-8-10-25-44-36-33(43-7)26-32(35-34(36)31(9-2)19-24-41-35)42-30(6)18-14-23-40-29(5)17-13-22-39-28(4)16-12-21-38-27(3)15-11-20-37;/h19,24,26-30,38-40,42H,8-18,20-23,25,37H2,1-7H3;1H. The van der Waals surface area contributed by atoms with Gasteiger partial charge in [0.1, 0.15) is 0 Å². The van der Waals surface area contributed by atoms with Crippen LogP contribution in [0.4, 0.5) is 5.69 Å². The Bertz CT molecular complexity index is 1040. The van der Waals surface area contributed by atoms with Gasteiger partial charge in [0, 0.05) is 36.4 Å². The Kier molecular flexibility index (Phi) is 22.3. The molecule has 4 unspecified atom stereocenters. The number of benzene rings is 1. The number of aryl methyl sites for hydroxylation is 1. The lowest BCUT2D eigenvalue weighted by Crippen LogP contribution is -2.32. The Hall–Kier alpha value is -1.84. The van der Waals surface area contributed by atoms with Crippen molar-refractivity contribution >= 4 is 29.0 Å². The SMILES string of the molecule is CCCCOc1c(OC)cc(NC(C)CCCNC(C)CCCNC(C)CCCNC(C)CCCN)c2nccc(CC)c12.Cl. The van der Waals surface area contributed by atoms with Gasteiger partial charge in [-0.2, -0.15) is 0 Å². The monoisotopic (exact) mass is 651 g/mol. The summed E-state index contributed by atoms with van der Waals surface area (Å²) in [6, 6.07) is 6.13. The minimum Gasteiger partial charge on any atom is -0.493 e. The average Bonchev–Trinajstić information content (AvgIpc) is 3.02. The Morgan fingerprint density at radius 2 is 1.36 bits per heavy atom. The Balaban J connectivity index is 0.0000101. The van der Waals surface area contributed by atoms with Gasteiger partial charge in [-0.25, -0.2) is 0 Å². The summed E-state index contributed by atoms with van der Waals surface area (Å²) in [6.07, 6.45) is 14.2.